The number of carboxylic acids is 1. The highest BCUT2D eigenvalue weighted by Gasteiger charge is 2.45. The third kappa shape index (κ3) is 0.945. The molecule has 66 valence electrons. The van der Waals surface area contributed by atoms with Gasteiger partial charge in [0.15, 0.2) is 0 Å². The number of thioether (sulfide) groups is 1. The van der Waals surface area contributed by atoms with Gasteiger partial charge in [0.05, 0.1) is 5.37 Å². The number of aliphatic carboxylic acids is 1. The van der Waals surface area contributed by atoms with Gasteiger partial charge in [-0.3, -0.25) is 4.90 Å². The third-order valence-corrected chi connectivity index (χ3v) is 3.33. The van der Waals surface area contributed by atoms with Crippen LogP contribution in [-0.4, -0.2) is 45.7 Å². The van der Waals surface area contributed by atoms with Crippen molar-refractivity contribution in [2.45, 2.75) is 11.4 Å². The zero-order valence-corrected chi connectivity index (χ0v) is 7.00. The number of fused-ring (bicyclic) bond motifs is 1. The molecule has 0 spiro atoms. The smallest absolute Gasteiger partial charge is 0.327 e. The van der Waals surface area contributed by atoms with Crippen molar-refractivity contribution in [3.63, 3.8) is 0 Å². The molecule has 5 nitrogen and oxygen atoms in total. The molecule has 2 unspecified atom stereocenters. The standard InChI is InChI=1S/C6H8N2O3S/c9-5(10)3-2-12-4-1-7-6(11)8(3)4/h3-4H,1-2H2,(H,7,11)(H,9,10). The van der Waals surface area contributed by atoms with Crippen molar-refractivity contribution in [1.29, 1.82) is 0 Å². The lowest BCUT2D eigenvalue weighted by molar-refractivity contribution is -0.140. The van der Waals surface area contributed by atoms with E-state index in [4.69, 9.17) is 5.11 Å². The van der Waals surface area contributed by atoms with E-state index in [1.807, 2.05) is 0 Å². The molecule has 0 aromatic rings. The Morgan fingerprint density at radius 2 is 2.50 bits per heavy atom. The summed E-state index contributed by atoms with van der Waals surface area (Å²) in [5.41, 5.74) is 0. The van der Waals surface area contributed by atoms with Crippen molar-refractivity contribution in [3.05, 3.63) is 0 Å². The highest BCUT2D eigenvalue weighted by atomic mass is 32.2. The van der Waals surface area contributed by atoms with Crippen LogP contribution < -0.4 is 5.32 Å². The molecule has 2 amide bonds. The molecule has 2 atom stereocenters. The highest BCUT2D eigenvalue weighted by molar-refractivity contribution is 8.00. The number of nitrogens with zero attached hydrogens (tertiary/aromatic N) is 1. The fraction of sp³-hybridized carbons (Fsp3) is 0.667. The first-order valence-corrected chi connectivity index (χ1v) is 4.65. The molecule has 0 saturated carbocycles. The predicted molar refractivity (Wildman–Crippen MR) is 42.9 cm³/mol. The van der Waals surface area contributed by atoms with Crippen LogP contribution in [-0.2, 0) is 4.79 Å². The van der Waals surface area contributed by atoms with Crippen LogP contribution in [0.4, 0.5) is 4.79 Å². The van der Waals surface area contributed by atoms with Gasteiger partial charge in [0, 0.05) is 12.3 Å². The van der Waals surface area contributed by atoms with E-state index < -0.39 is 12.0 Å². The van der Waals surface area contributed by atoms with Gasteiger partial charge in [-0.15, -0.1) is 11.8 Å². The summed E-state index contributed by atoms with van der Waals surface area (Å²) in [5.74, 6) is -0.407. The van der Waals surface area contributed by atoms with Gasteiger partial charge < -0.3 is 10.4 Å². The molecule has 2 heterocycles. The second kappa shape index (κ2) is 2.55. The molecule has 0 aromatic heterocycles. The Morgan fingerprint density at radius 3 is 3.17 bits per heavy atom. The quantitative estimate of drug-likeness (QED) is 0.584. The molecule has 0 radical (unpaired) electrons. The average Bonchev–Trinajstić information content (AvgIpc) is 2.53. The topological polar surface area (TPSA) is 69.6 Å². The summed E-state index contributed by atoms with van der Waals surface area (Å²) in [5, 5.41) is 11.4. The van der Waals surface area contributed by atoms with Crippen molar-refractivity contribution in [2.75, 3.05) is 12.3 Å². The molecule has 2 rings (SSSR count). The molecule has 2 fully saturated rings. The second-order valence-corrected chi connectivity index (χ2v) is 3.95. The molecular weight excluding hydrogens is 180 g/mol. The summed E-state index contributed by atoms with van der Waals surface area (Å²) in [7, 11) is 0. The van der Waals surface area contributed by atoms with Crippen LogP contribution >= 0.6 is 11.8 Å². The first-order valence-electron chi connectivity index (χ1n) is 3.60. The summed E-state index contributed by atoms with van der Waals surface area (Å²) in [4.78, 5) is 23.2. The molecule has 12 heavy (non-hydrogen) atoms. The Kier molecular flexibility index (Phi) is 1.64. The Bertz CT molecular complexity index is 245. The minimum atomic E-state index is -0.915. The summed E-state index contributed by atoms with van der Waals surface area (Å²) in [6.07, 6.45) is 0. The van der Waals surface area contributed by atoms with Crippen molar-refractivity contribution in [1.82, 2.24) is 10.2 Å². The third-order valence-electron chi connectivity index (χ3n) is 2.04. The first kappa shape index (κ1) is 7.72. The Hall–Kier alpha value is -0.910. The van der Waals surface area contributed by atoms with Crippen LogP contribution in [0.1, 0.15) is 0 Å². The summed E-state index contributed by atoms with van der Waals surface area (Å²) in [6.45, 7) is 0.563. The molecule has 2 N–H and O–H groups in total. The maximum absolute atomic E-state index is 11.1. The summed E-state index contributed by atoms with van der Waals surface area (Å²) < 4.78 is 0. The number of carbonyl (C=O) groups is 2. The lowest BCUT2D eigenvalue weighted by Crippen LogP contribution is -2.42. The van der Waals surface area contributed by atoms with Crippen LogP contribution in [0.2, 0.25) is 0 Å². The van der Waals surface area contributed by atoms with Crippen molar-refractivity contribution in [3.8, 4) is 0 Å². The Labute approximate surface area is 73.1 Å². The number of nitrogens with one attached hydrogen (secondary N) is 1. The van der Waals surface area contributed by atoms with Crippen LogP contribution in [0.3, 0.4) is 0 Å². The van der Waals surface area contributed by atoms with Crippen LogP contribution in [0.5, 0.6) is 0 Å². The fourth-order valence-electron chi connectivity index (χ4n) is 1.45. The minimum Gasteiger partial charge on any atom is -0.480 e. The van der Waals surface area contributed by atoms with Gasteiger partial charge in [-0.05, 0) is 0 Å². The largest absolute Gasteiger partial charge is 0.480 e. The Morgan fingerprint density at radius 1 is 1.75 bits per heavy atom. The second-order valence-electron chi connectivity index (χ2n) is 2.74. The molecule has 2 aliphatic heterocycles. The predicted octanol–water partition coefficient (Wildman–Crippen LogP) is -0.462. The van der Waals surface area contributed by atoms with E-state index >= 15 is 0 Å². The lowest BCUT2D eigenvalue weighted by Gasteiger charge is -2.17. The van der Waals surface area contributed by atoms with E-state index in [1.165, 1.54) is 16.7 Å². The number of rotatable bonds is 1. The lowest BCUT2D eigenvalue weighted by atomic mass is 10.3. The van der Waals surface area contributed by atoms with Crippen molar-refractivity contribution in [2.24, 2.45) is 0 Å². The van der Waals surface area contributed by atoms with Crippen LogP contribution in [0.15, 0.2) is 0 Å². The summed E-state index contributed by atoms with van der Waals surface area (Å²) >= 11 is 1.51. The zero-order chi connectivity index (χ0) is 8.72. The molecule has 0 bridgehead atoms. The number of amides is 2. The molecule has 0 aromatic carbocycles. The van der Waals surface area contributed by atoms with E-state index in [-0.39, 0.29) is 11.4 Å². The van der Waals surface area contributed by atoms with E-state index in [9.17, 15) is 9.59 Å². The number of urea groups is 1. The maximum Gasteiger partial charge on any atom is 0.327 e. The SMILES string of the molecule is O=C(O)C1CSC2CNC(=O)N21. The van der Waals surface area contributed by atoms with Gasteiger partial charge in [-0.25, -0.2) is 9.59 Å². The summed E-state index contributed by atoms with van der Waals surface area (Å²) in [6, 6.07) is -0.889. The first-order chi connectivity index (χ1) is 5.70. The maximum atomic E-state index is 11.1. The van der Waals surface area contributed by atoms with Crippen molar-refractivity contribution >= 4 is 23.8 Å². The highest BCUT2D eigenvalue weighted by Crippen LogP contribution is 2.31. The number of carbonyl (C=O) groups excluding carboxylic acids is 1. The van der Waals surface area contributed by atoms with Gasteiger partial charge in [0.2, 0.25) is 0 Å². The van der Waals surface area contributed by atoms with Crippen LogP contribution in [0.25, 0.3) is 0 Å². The van der Waals surface area contributed by atoms with Gasteiger partial charge in [-0.2, -0.15) is 0 Å². The normalized spacial score (nSPS) is 33.3. The molecule has 2 aliphatic rings. The van der Waals surface area contributed by atoms with E-state index in [2.05, 4.69) is 5.32 Å². The van der Waals surface area contributed by atoms with Crippen LogP contribution in [0, 0.1) is 0 Å². The molecular formula is C6H8N2O3S. The number of carboxylic acid groups (broad SMARTS) is 1. The average molecular weight is 188 g/mol. The molecule has 6 heteroatoms. The van der Waals surface area contributed by atoms with Gasteiger partial charge in [0.1, 0.15) is 6.04 Å². The monoisotopic (exact) mass is 188 g/mol. The molecule has 2 saturated heterocycles. The fourth-order valence-corrected chi connectivity index (χ4v) is 2.76. The zero-order valence-electron chi connectivity index (χ0n) is 6.19. The van der Waals surface area contributed by atoms with E-state index in [0.717, 1.165) is 0 Å². The number of hydrogen-bond acceptors (Lipinski definition) is 3. The van der Waals surface area contributed by atoms with E-state index in [1.54, 1.807) is 0 Å². The number of hydrogen-bond donors (Lipinski definition) is 2. The molecule has 0 aliphatic carbocycles. The minimum absolute atomic E-state index is 0.0265. The van der Waals surface area contributed by atoms with Crippen molar-refractivity contribution < 1.29 is 14.7 Å². The van der Waals surface area contributed by atoms with Gasteiger partial charge in [0.25, 0.3) is 0 Å². The van der Waals surface area contributed by atoms with Gasteiger partial charge >= 0.3 is 12.0 Å². The Balaban J connectivity index is 2.19. The van der Waals surface area contributed by atoms with E-state index in [0.29, 0.717) is 12.3 Å². The van der Waals surface area contributed by atoms with Gasteiger partial charge in [-0.1, -0.05) is 0 Å².